The molecule has 1 aliphatic heterocycles. The number of nitrogens with zero attached hydrogens (tertiary/aromatic N) is 1. The minimum absolute atomic E-state index is 0. The number of hydrogen-bond acceptors (Lipinski definition) is 9. The number of fused-ring (bicyclic) bond motifs is 2. The van der Waals surface area contributed by atoms with Crippen LogP contribution in [0.4, 0.5) is 0 Å². The first-order chi connectivity index (χ1) is 20.1. The highest BCUT2D eigenvalue weighted by molar-refractivity contribution is 7.90. The second-order valence-electron chi connectivity index (χ2n) is 11.5. The number of carbonyl (C=O) groups is 2. The van der Waals surface area contributed by atoms with Crippen LogP contribution in [0.25, 0.3) is 10.2 Å². The summed E-state index contributed by atoms with van der Waals surface area (Å²) in [5.74, 6) is -0.410. The van der Waals surface area contributed by atoms with Crippen molar-refractivity contribution in [3.63, 3.8) is 0 Å². The smallest absolute Gasteiger partial charge is 0.264 e. The minimum Gasteiger partial charge on any atom is -0.487 e. The molecule has 3 aromatic rings. The van der Waals surface area contributed by atoms with Gasteiger partial charge in [0.05, 0.1) is 27.2 Å². The van der Waals surface area contributed by atoms with Gasteiger partial charge >= 0.3 is 0 Å². The Labute approximate surface area is 268 Å². The van der Waals surface area contributed by atoms with E-state index in [-0.39, 0.29) is 47.0 Å². The minimum atomic E-state index is -4.07. The van der Waals surface area contributed by atoms with Crippen LogP contribution in [-0.4, -0.2) is 55.3 Å². The van der Waals surface area contributed by atoms with Crippen molar-refractivity contribution in [1.29, 1.82) is 5.41 Å². The third kappa shape index (κ3) is 7.51. The molecule has 240 valence electrons. The van der Waals surface area contributed by atoms with Crippen molar-refractivity contribution in [1.82, 2.24) is 20.3 Å². The number of nitrogens with one attached hydrogen (secondary N) is 4. The summed E-state index contributed by atoms with van der Waals surface area (Å²) in [4.78, 5) is 30.5. The lowest BCUT2D eigenvalue weighted by atomic mass is 9.94. The second-order valence-corrected chi connectivity index (χ2v) is 14.2. The Kier molecular flexibility index (Phi) is 11.0. The van der Waals surface area contributed by atoms with Crippen LogP contribution in [0, 0.1) is 26.2 Å². The lowest BCUT2D eigenvalue weighted by Crippen LogP contribution is -2.48. The number of ketones is 1. The second kappa shape index (κ2) is 13.8. The monoisotopic (exact) mass is 664 g/mol. The molecule has 0 spiro atoms. The molecule has 2 aromatic carbocycles. The first-order valence-electron chi connectivity index (χ1n) is 14.3. The zero-order valence-electron chi connectivity index (χ0n) is 25.8. The molecule has 6 N–H and O–H groups in total. The van der Waals surface area contributed by atoms with E-state index in [1.807, 2.05) is 45.0 Å². The van der Waals surface area contributed by atoms with Crippen molar-refractivity contribution in [2.75, 3.05) is 6.54 Å². The molecule has 2 heterocycles. The average molecular weight is 665 g/mol. The summed E-state index contributed by atoms with van der Waals surface area (Å²) in [6, 6.07) is 5.79. The van der Waals surface area contributed by atoms with Crippen LogP contribution < -0.4 is 25.8 Å². The molecule has 0 saturated carbocycles. The molecule has 4 rings (SSSR count). The maximum absolute atomic E-state index is 13.4. The van der Waals surface area contributed by atoms with Gasteiger partial charge in [0.1, 0.15) is 11.4 Å². The van der Waals surface area contributed by atoms with Gasteiger partial charge in [0.25, 0.3) is 10.0 Å². The summed E-state index contributed by atoms with van der Waals surface area (Å²) in [6.07, 6.45) is 1.60. The third-order valence-electron chi connectivity index (χ3n) is 7.68. The highest BCUT2D eigenvalue weighted by Crippen LogP contribution is 2.43. The van der Waals surface area contributed by atoms with Gasteiger partial charge in [-0.15, -0.1) is 23.7 Å². The standard InChI is InChI=1S/C30H40N6O5S2.ClH/c1-7-20(31)27(38)34-22(24(37)28-35-21-11-8-9-13-23(21)42-28)12-10-14-33-29(32)36-43(39,40)26-17(3)16(2)25-19(18(26)4)15-30(5,6)41-25;/h8-9,11,13,20,22H,7,10,12,14-15,31H2,1-6H3,(H,34,38)(H3,32,33,36);1H. The van der Waals surface area contributed by atoms with E-state index in [1.54, 1.807) is 20.8 Å². The Bertz CT molecular complexity index is 1660. The highest BCUT2D eigenvalue weighted by atomic mass is 35.5. The number of guanidine groups is 1. The molecule has 0 radical (unpaired) electrons. The van der Waals surface area contributed by atoms with Crippen LogP contribution in [0.3, 0.4) is 0 Å². The lowest BCUT2D eigenvalue weighted by molar-refractivity contribution is -0.122. The fraction of sp³-hybridized carbons (Fsp3) is 0.467. The maximum atomic E-state index is 13.4. The molecule has 1 aliphatic rings. The first kappa shape index (κ1) is 35.2. The molecule has 2 atom stereocenters. The number of halogens is 1. The largest absolute Gasteiger partial charge is 0.487 e. The van der Waals surface area contributed by atoms with E-state index in [2.05, 4.69) is 20.3 Å². The molecule has 0 fully saturated rings. The lowest BCUT2D eigenvalue weighted by Gasteiger charge is -2.20. The third-order valence-corrected chi connectivity index (χ3v) is 10.4. The molecule has 2 unspecified atom stereocenters. The van der Waals surface area contributed by atoms with Gasteiger partial charge in [-0.05, 0) is 82.7 Å². The summed E-state index contributed by atoms with van der Waals surface area (Å²) in [5, 5.41) is 14.1. The summed E-state index contributed by atoms with van der Waals surface area (Å²) in [7, 11) is -4.07. The predicted octanol–water partition coefficient (Wildman–Crippen LogP) is 4.04. The number of nitrogens with two attached hydrogens (primary N) is 1. The number of aromatic nitrogens is 1. The number of sulfonamides is 1. The van der Waals surface area contributed by atoms with E-state index in [0.717, 1.165) is 21.6 Å². The van der Waals surface area contributed by atoms with E-state index in [0.29, 0.717) is 35.9 Å². The average Bonchev–Trinajstić information content (AvgIpc) is 3.52. The van der Waals surface area contributed by atoms with Crippen molar-refractivity contribution in [2.24, 2.45) is 5.73 Å². The Morgan fingerprint density at radius 3 is 2.50 bits per heavy atom. The van der Waals surface area contributed by atoms with Gasteiger partial charge in [-0.2, -0.15) is 0 Å². The van der Waals surface area contributed by atoms with E-state index >= 15 is 0 Å². The van der Waals surface area contributed by atoms with Gasteiger partial charge in [-0.1, -0.05) is 19.1 Å². The molecule has 1 aromatic heterocycles. The summed E-state index contributed by atoms with van der Waals surface area (Å²) in [6.45, 7) is 11.3. The number of ether oxygens (including phenoxy) is 1. The summed E-state index contributed by atoms with van der Waals surface area (Å²) >= 11 is 1.26. The number of amides is 1. The zero-order valence-corrected chi connectivity index (χ0v) is 28.2. The predicted molar refractivity (Wildman–Crippen MR) is 176 cm³/mol. The summed E-state index contributed by atoms with van der Waals surface area (Å²) < 4.78 is 36.2. The van der Waals surface area contributed by atoms with Crippen molar-refractivity contribution in [2.45, 2.75) is 89.8 Å². The molecule has 0 aliphatic carbocycles. The van der Waals surface area contributed by atoms with Crippen LogP contribution in [-0.2, 0) is 21.2 Å². The molecule has 0 saturated heterocycles. The molecule has 0 bridgehead atoms. The summed E-state index contributed by atoms with van der Waals surface area (Å²) in [5.41, 5.74) is 8.98. The topological polar surface area (TPSA) is 176 Å². The van der Waals surface area contributed by atoms with Crippen LogP contribution in [0.15, 0.2) is 29.2 Å². The van der Waals surface area contributed by atoms with Crippen LogP contribution in [0.1, 0.15) is 72.1 Å². The van der Waals surface area contributed by atoms with Gasteiger partial charge in [0, 0.05) is 18.5 Å². The number of para-hydroxylation sites is 1. The maximum Gasteiger partial charge on any atom is 0.264 e. The number of rotatable bonds is 11. The highest BCUT2D eigenvalue weighted by Gasteiger charge is 2.37. The van der Waals surface area contributed by atoms with Crippen molar-refractivity contribution < 1.29 is 22.7 Å². The number of benzene rings is 2. The van der Waals surface area contributed by atoms with Gasteiger partial charge in [0.2, 0.25) is 17.6 Å². The molecule has 14 heteroatoms. The van der Waals surface area contributed by atoms with E-state index < -0.39 is 33.6 Å². The van der Waals surface area contributed by atoms with E-state index in [4.69, 9.17) is 15.9 Å². The number of thiazole rings is 1. The van der Waals surface area contributed by atoms with E-state index in [1.165, 1.54) is 11.3 Å². The Hall–Kier alpha value is -3.26. The SMILES string of the molecule is CCC(N)C(=O)NC(CCCNC(=N)NS(=O)(=O)c1c(C)c(C)c2c(c1C)CC(C)(C)O2)C(=O)c1nc2ccccc2s1.Cl. The number of hydrogen-bond donors (Lipinski definition) is 5. The van der Waals surface area contributed by atoms with E-state index in [9.17, 15) is 18.0 Å². The van der Waals surface area contributed by atoms with Crippen LogP contribution in [0.5, 0.6) is 5.75 Å². The zero-order chi connectivity index (χ0) is 31.7. The van der Waals surface area contributed by atoms with Gasteiger partial charge < -0.3 is 21.1 Å². The van der Waals surface area contributed by atoms with Gasteiger partial charge in [-0.25, -0.2) is 18.1 Å². The first-order valence-corrected chi connectivity index (χ1v) is 16.6. The molecule has 44 heavy (non-hydrogen) atoms. The fourth-order valence-corrected chi connectivity index (χ4v) is 7.73. The Morgan fingerprint density at radius 1 is 1.16 bits per heavy atom. The van der Waals surface area contributed by atoms with Crippen molar-refractivity contribution in [3.8, 4) is 5.75 Å². The molecular formula is C30H41ClN6O5S2. The number of Topliss-reactive ketones (excluding diaryl/α,β-unsaturated/α-hetero) is 1. The van der Waals surface area contributed by atoms with Crippen molar-refractivity contribution in [3.05, 3.63) is 51.5 Å². The molecule has 11 nitrogen and oxygen atoms in total. The normalized spacial score (nSPS) is 15.0. The number of carbonyl (C=O) groups excluding carboxylic acids is 2. The molecule has 1 amide bonds. The fourth-order valence-electron chi connectivity index (χ4n) is 5.25. The van der Waals surface area contributed by atoms with Crippen LogP contribution in [0.2, 0.25) is 0 Å². The van der Waals surface area contributed by atoms with Crippen molar-refractivity contribution >= 4 is 61.6 Å². The van der Waals surface area contributed by atoms with Crippen LogP contribution >= 0.6 is 23.7 Å². The Morgan fingerprint density at radius 2 is 1.84 bits per heavy atom. The van der Waals surface area contributed by atoms with Gasteiger partial charge in [-0.3, -0.25) is 15.0 Å². The quantitative estimate of drug-likeness (QED) is 0.0883. The Balaban J connectivity index is 0.00000529. The molecular weight excluding hydrogens is 624 g/mol. The van der Waals surface area contributed by atoms with Gasteiger partial charge in [0.15, 0.2) is 5.01 Å².